The van der Waals surface area contributed by atoms with Gasteiger partial charge >= 0.3 is 0 Å². The first-order chi connectivity index (χ1) is 13.1. The van der Waals surface area contributed by atoms with Gasteiger partial charge in [0, 0.05) is 18.2 Å². The Bertz CT molecular complexity index is 1000. The largest absolute Gasteiger partial charge is 0.379 e. The quantitative estimate of drug-likeness (QED) is 0.533. The Morgan fingerprint density at radius 1 is 1.18 bits per heavy atom. The molecule has 0 atom stereocenters. The van der Waals surface area contributed by atoms with Crippen molar-refractivity contribution >= 4 is 47.6 Å². The molecule has 2 rings (SSSR count). The van der Waals surface area contributed by atoms with Gasteiger partial charge in [0.1, 0.15) is 5.00 Å². The van der Waals surface area contributed by atoms with Crippen molar-refractivity contribution in [2.75, 3.05) is 24.2 Å². The van der Waals surface area contributed by atoms with E-state index in [1.54, 1.807) is 0 Å². The summed E-state index contributed by atoms with van der Waals surface area (Å²) in [5.74, 6) is -0.164. The van der Waals surface area contributed by atoms with Crippen LogP contribution in [0.1, 0.15) is 27.2 Å². The maximum atomic E-state index is 13.0. The van der Waals surface area contributed by atoms with Gasteiger partial charge in [0.25, 0.3) is 0 Å². The van der Waals surface area contributed by atoms with E-state index in [9.17, 15) is 16.8 Å². The van der Waals surface area contributed by atoms with Crippen LogP contribution in [-0.2, 0) is 24.4 Å². The molecule has 0 aliphatic carbocycles. The fourth-order valence-corrected chi connectivity index (χ4v) is 6.30. The maximum absolute atomic E-state index is 13.0. The van der Waals surface area contributed by atoms with Gasteiger partial charge in [0.15, 0.2) is 5.03 Å². The van der Waals surface area contributed by atoms with Gasteiger partial charge < -0.3 is 10.1 Å². The van der Waals surface area contributed by atoms with Gasteiger partial charge in [-0.1, -0.05) is 29.9 Å². The molecule has 1 aromatic heterocycles. The van der Waals surface area contributed by atoms with Crippen molar-refractivity contribution in [2.45, 2.75) is 47.6 Å². The number of hydrogen-bond donors (Lipinski definition) is 1. The molecule has 0 bridgehead atoms. The number of rotatable bonds is 10. The van der Waals surface area contributed by atoms with Gasteiger partial charge in [0.2, 0.25) is 24.0 Å². The van der Waals surface area contributed by atoms with Crippen LogP contribution in [0, 0.1) is 0 Å². The second-order valence-electron chi connectivity index (χ2n) is 6.17. The molecule has 7 nitrogen and oxygen atoms in total. The zero-order valence-corrected chi connectivity index (χ0v) is 19.0. The minimum atomic E-state index is -4.01. The minimum Gasteiger partial charge on any atom is -0.379 e. The Labute approximate surface area is 174 Å². The smallest absolute Gasteiger partial charge is 0.226 e. The highest BCUT2D eigenvalue weighted by atomic mass is 35.5. The molecule has 0 spiro atoms. The number of halogens is 1. The SMILES string of the molecule is CCS(=O)(=O)c1nc(S(=O)(=O)c2ccc(Cl)cc2)c(NCCCOC(C)C)s1. The van der Waals surface area contributed by atoms with E-state index < -0.39 is 19.7 Å². The molecular formula is C17H23ClN2O5S3. The third-order valence-corrected chi connectivity index (χ3v) is 8.94. The Morgan fingerprint density at radius 2 is 1.82 bits per heavy atom. The normalized spacial score (nSPS) is 12.5. The van der Waals surface area contributed by atoms with E-state index in [1.807, 2.05) is 13.8 Å². The van der Waals surface area contributed by atoms with Crippen molar-refractivity contribution in [3.8, 4) is 0 Å². The van der Waals surface area contributed by atoms with Crippen molar-refractivity contribution in [2.24, 2.45) is 0 Å². The summed E-state index contributed by atoms with van der Waals surface area (Å²) in [5.41, 5.74) is 0. The first-order valence-corrected chi connectivity index (χ1v) is 13.0. The summed E-state index contributed by atoms with van der Waals surface area (Å²) in [6.07, 6.45) is 0.734. The summed E-state index contributed by atoms with van der Waals surface area (Å²) in [6, 6.07) is 5.65. The standard InChI is InChI=1S/C17H23ClN2O5S3/c1-4-27(21,22)17-20-16(15(26-17)19-10-5-11-25-12(2)3)28(23,24)14-8-6-13(18)7-9-14/h6-9,12,19H,4-5,10-11H2,1-3H3. The summed E-state index contributed by atoms with van der Waals surface area (Å²) in [4.78, 5) is 3.96. The summed E-state index contributed by atoms with van der Waals surface area (Å²) in [7, 11) is -7.65. The van der Waals surface area contributed by atoms with Crippen LogP contribution in [0.25, 0.3) is 0 Å². The summed E-state index contributed by atoms with van der Waals surface area (Å²) in [5, 5.41) is 3.30. The highest BCUT2D eigenvalue weighted by Gasteiger charge is 2.29. The Kier molecular flexibility index (Phi) is 7.86. The van der Waals surface area contributed by atoms with Crippen molar-refractivity contribution < 1.29 is 21.6 Å². The monoisotopic (exact) mass is 466 g/mol. The van der Waals surface area contributed by atoms with E-state index in [2.05, 4.69) is 10.3 Å². The van der Waals surface area contributed by atoms with Crippen LogP contribution in [0.4, 0.5) is 5.00 Å². The number of anilines is 1. The van der Waals surface area contributed by atoms with Crippen LogP contribution in [0.5, 0.6) is 0 Å². The van der Waals surface area contributed by atoms with Crippen LogP contribution in [0.3, 0.4) is 0 Å². The van der Waals surface area contributed by atoms with Gasteiger partial charge in [-0.15, -0.1) is 0 Å². The van der Waals surface area contributed by atoms with Crippen LogP contribution in [-0.4, -0.2) is 46.8 Å². The lowest BCUT2D eigenvalue weighted by molar-refractivity contribution is 0.0787. The maximum Gasteiger partial charge on any atom is 0.226 e. The molecule has 0 radical (unpaired) electrons. The fraction of sp³-hybridized carbons (Fsp3) is 0.471. The third kappa shape index (κ3) is 5.66. The van der Waals surface area contributed by atoms with Crippen molar-refractivity contribution in [1.29, 1.82) is 0 Å². The average molecular weight is 467 g/mol. The van der Waals surface area contributed by atoms with Crippen LogP contribution in [0.15, 0.2) is 38.5 Å². The predicted molar refractivity (Wildman–Crippen MR) is 111 cm³/mol. The Balaban J connectivity index is 2.36. The summed E-state index contributed by atoms with van der Waals surface area (Å²) < 4.78 is 55.7. The topological polar surface area (TPSA) is 102 Å². The highest BCUT2D eigenvalue weighted by Crippen LogP contribution is 2.35. The zero-order valence-electron chi connectivity index (χ0n) is 15.8. The van der Waals surface area contributed by atoms with E-state index in [-0.39, 0.29) is 31.1 Å². The fourth-order valence-electron chi connectivity index (χ4n) is 2.16. The first kappa shape index (κ1) is 23.1. The number of sulfone groups is 2. The number of nitrogens with one attached hydrogen (secondary N) is 1. The molecule has 11 heteroatoms. The molecule has 0 aliphatic heterocycles. The van der Waals surface area contributed by atoms with Crippen LogP contribution < -0.4 is 5.32 Å². The molecule has 1 aromatic carbocycles. The number of thiazole rings is 1. The zero-order chi connectivity index (χ0) is 20.9. The molecule has 0 aliphatic rings. The lowest BCUT2D eigenvalue weighted by Crippen LogP contribution is -2.11. The highest BCUT2D eigenvalue weighted by molar-refractivity contribution is 7.94. The lowest BCUT2D eigenvalue weighted by Gasteiger charge is -2.09. The second kappa shape index (κ2) is 9.53. The Morgan fingerprint density at radius 3 is 2.39 bits per heavy atom. The van der Waals surface area contributed by atoms with Crippen molar-refractivity contribution in [3.63, 3.8) is 0 Å². The summed E-state index contributed by atoms with van der Waals surface area (Å²) in [6.45, 7) is 6.26. The van der Waals surface area contributed by atoms with Gasteiger partial charge in [-0.3, -0.25) is 0 Å². The average Bonchev–Trinajstić information content (AvgIpc) is 3.07. The Hall–Kier alpha value is -1.20. The number of hydrogen-bond acceptors (Lipinski definition) is 8. The van der Waals surface area contributed by atoms with Crippen LogP contribution in [0.2, 0.25) is 5.02 Å². The molecule has 0 saturated carbocycles. The van der Waals surface area contributed by atoms with Gasteiger partial charge in [-0.05, 0) is 44.5 Å². The molecular weight excluding hydrogens is 444 g/mol. The van der Waals surface area contributed by atoms with E-state index in [4.69, 9.17) is 16.3 Å². The van der Waals surface area contributed by atoms with Gasteiger partial charge in [-0.2, -0.15) is 0 Å². The van der Waals surface area contributed by atoms with Gasteiger partial charge in [0.05, 0.1) is 16.8 Å². The first-order valence-electron chi connectivity index (χ1n) is 8.67. The van der Waals surface area contributed by atoms with Crippen molar-refractivity contribution in [1.82, 2.24) is 4.98 Å². The second-order valence-corrected chi connectivity index (χ2v) is 11.9. The predicted octanol–water partition coefficient (Wildman–Crippen LogP) is 3.65. The summed E-state index contributed by atoms with van der Waals surface area (Å²) >= 11 is 6.65. The molecule has 156 valence electrons. The molecule has 2 aromatic rings. The molecule has 0 fully saturated rings. The lowest BCUT2D eigenvalue weighted by atomic mass is 10.4. The van der Waals surface area contributed by atoms with Gasteiger partial charge in [-0.25, -0.2) is 21.8 Å². The number of ether oxygens (including phenoxy) is 1. The van der Waals surface area contributed by atoms with E-state index >= 15 is 0 Å². The van der Waals surface area contributed by atoms with Crippen molar-refractivity contribution in [3.05, 3.63) is 29.3 Å². The molecule has 1 N–H and O–H groups in total. The number of benzene rings is 1. The van der Waals surface area contributed by atoms with Crippen LogP contribution >= 0.6 is 22.9 Å². The van der Waals surface area contributed by atoms with E-state index in [0.717, 1.165) is 11.3 Å². The molecule has 0 unspecified atom stereocenters. The molecule has 0 amide bonds. The molecule has 0 saturated heterocycles. The number of nitrogens with zero attached hydrogens (tertiary/aromatic N) is 1. The van der Waals surface area contributed by atoms with E-state index in [0.29, 0.717) is 24.6 Å². The molecule has 1 heterocycles. The molecule has 28 heavy (non-hydrogen) atoms. The number of aromatic nitrogens is 1. The third-order valence-electron chi connectivity index (χ3n) is 3.66. The van der Waals surface area contributed by atoms with E-state index in [1.165, 1.54) is 31.2 Å². The minimum absolute atomic E-state index is 0.00571.